The number of nitrogens with zero attached hydrogens (tertiary/aromatic N) is 1. The van der Waals surface area contributed by atoms with Crippen molar-refractivity contribution in [2.75, 3.05) is 0 Å². The third-order valence-electron chi connectivity index (χ3n) is 3.62. The lowest BCUT2D eigenvalue weighted by atomic mass is 10.0. The lowest BCUT2D eigenvalue weighted by molar-refractivity contribution is -0.156. The Balaban J connectivity index is 2.44. The molecule has 0 N–H and O–H groups in total. The Hall–Kier alpha value is -2.42. The normalized spacial score (nSPS) is 12.3. The van der Waals surface area contributed by atoms with Gasteiger partial charge in [-0.1, -0.05) is 74.0 Å². The van der Waals surface area contributed by atoms with E-state index in [9.17, 15) is 4.79 Å². The van der Waals surface area contributed by atoms with E-state index in [0.717, 1.165) is 23.3 Å². The summed E-state index contributed by atoms with van der Waals surface area (Å²) in [6.45, 7) is 7.70. The molecule has 0 aliphatic rings. The number of carbonyl (C=O) groups is 1. The van der Waals surface area contributed by atoms with Crippen LogP contribution in [0.25, 0.3) is 0 Å². The Morgan fingerprint density at radius 2 is 1.44 bits per heavy atom. The van der Waals surface area contributed by atoms with Crippen molar-refractivity contribution >= 4 is 11.7 Å². The smallest absolute Gasteiger partial charge is 0.331 e. The highest BCUT2D eigenvalue weighted by Crippen LogP contribution is 2.17. The Morgan fingerprint density at radius 3 is 1.84 bits per heavy atom. The number of ether oxygens (including phenoxy) is 1. The highest BCUT2D eigenvalue weighted by molar-refractivity contribution is 6.13. The second-order valence-corrected chi connectivity index (χ2v) is 7.05. The molecule has 0 fully saturated rings. The molecule has 0 aliphatic carbocycles. The number of hydrogen-bond donors (Lipinski definition) is 0. The van der Waals surface area contributed by atoms with E-state index in [2.05, 4.69) is 6.92 Å². The van der Waals surface area contributed by atoms with Crippen molar-refractivity contribution in [2.45, 2.75) is 52.2 Å². The number of carbonyl (C=O) groups excluding carboxylic acids is 1. The fourth-order valence-electron chi connectivity index (χ4n) is 2.54. The van der Waals surface area contributed by atoms with Crippen LogP contribution in [0, 0.1) is 0 Å². The van der Waals surface area contributed by atoms with Crippen molar-refractivity contribution in [3.05, 3.63) is 71.8 Å². The van der Waals surface area contributed by atoms with Gasteiger partial charge in [0.05, 0.1) is 5.71 Å². The van der Waals surface area contributed by atoms with Crippen LogP contribution >= 0.6 is 0 Å². The van der Waals surface area contributed by atoms with Gasteiger partial charge in [0.25, 0.3) is 0 Å². The fourth-order valence-corrected chi connectivity index (χ4v) is 2.54. The number of aliphatic imine (C=N–C) groups is 1. The predicted molar refractivity (Wildman–Crippen MR) is 103 cm³/mol. The van der Waals surface area contributed by atoms with Gasteiger partial charge in [-0.2, -0.15) is 0 Å². The molecule has 1 atom stereocenters. The highest BCUT2D eigenvalue weighted by Gasteiger charge is 2.25. The van der Waals surface area contributed by atoms with E-state index in [0.29, 0.717) is 6.42 Å². The third-order valence-corrected chi connectivity index (χ3v) is 3.62. The minimum atomic E-state index is -0.516. The summed E-state index contributed by atoms with van der Waals surface area (Å²) in [5.41, 5.74) is 2.31. The molecule has 3 nitrogen and oxygen atoms in total. The van der Waals surface area contributed by atoms with E-state index >= 15 is 0 Å². The van der Waals surface area contributed by atoms with Crippen LogP contribution in [0.4, 0.5) is 0 Å². The van der Waals surface area contributed by atoms with E-state index in [1.807, 2.05) is 81.4 Å². The average molecular weight is 337 g/mol. The summed E-state index contributed by atoms with van der Waals surface area (Å²) in [7, 11) is 0. The zero-order chi connectivity index (χ0) is 18.3. The molecule has 0 heterocycles. The van der Waals surface area contributed by atoms with Gasteiger partial charge in [0.1, 0.15) is 11.6 Å². The monoisotopic (exact) mass is 337 g/mol. The molecule has 0 bridgehead atoms. The summed E-state index contributed by atoms with van der Waals surface area (Å²) >= 11 is 0. The molecular weight excluding hydrogens is 310 g/mol. The van der Waals surface area contributed by atoms with Gasteiger partial charge in [-0.15, -0.1) is 0 Å². The molecule has 0 aromatic heterocycles. The molecule has 2 rings (SSSR count). The van der Waals surface area contributed by atoms with Crippen LogP contribution < -0.4 is 0 Å². The topological polar surface area (TPSA) is 38.7 Å². The predicted octanol–water partition coefficient (Wildman–Crippen LogP) is 5.03. The number of hydrogen-bond acceptors (Lipinski definition) is 3. The number of benzene rings is 2. The van der Waals surface area contributed by atoms with Gasteiger partial charge in [-0.25, -0.2) is 4.79 Å². The van der Waals surface area contributed by atoms with Gasteiger partial charge in [0.15, 0.2) is 0 Å². The van der Waals surface area contributed by atoms with Crippen LogP contribution in [0.15, 0.2) is 65.7 Å². The summed E-state index contributed by atoms with van der Waals surface area (Å²) in [4.78, 5) is 17.5. The summed E-state index contributed by atoms with van der Waals surface area (Å²) in [6, 6.07) is 19.5. The first-order valence-electron chi connectivity index (χ1n) is 8.82. The van der Waals surface area contributed by atoms with Crippen molar-refractivity contribution in [3.8, 4) is 0 Å². The van der Waals surface area contributed by atoms with E-state index < -0.39 is 11.6 Å². The zero-order valence-corrected chi connectivity index (χ0v) is 15.5. The van der Waals surface area contributed by atoms with Crippen molar-refractivity contribution in [2.24, 2.45) is 4.99 Å². The van der Waals surface area contributed by atoms with Gasteiger partial charge in [-0.05, 0) is 27.2 Å². The molecule has 0 saturated heterocycles. The van der Waals surface area contributed by atoms with Gasteiger partial charge >= 0.3 is 5.97 Å². The fraction of sp³-hybridized carbons (Fsp3) is 0.364. The molecule has 0 saturated carbocycles. The van der Waals surface area contributed by atoms with E-state index in [-0.39, 0.29) is 5.97 Å². The first kappa shape index (κ1) is 18.9. The zero-order valence-electron chi connectivity index (χ0n) is 15.5. The lowest BCUT2D eigenvalue weighted by Gasteiger charge is -2.23. The molecular formula is C22H27NO2. The molecule has 0 aliphatic heterocycles. The molecule has 2 aromatic carbocycles. The number of rotatable bonds is 6. The Bertz CT molecular complexity index is 658. The van der Waals surface area contributed by atoms with Crippen LogP contribution in [0.3, 0.4) is 0 Å². The van der Waals surface area contributed by atoms with E-state index in [1.54, 1.807) is 0 Å². The van der Waals surface area contributed by atoms with Gasteiger partial charge < -0.3 is 4.74 Å². The van der Waals surface area contributed by atoms with Gasteiger partial charge in [0, 0.05) is 11.1 Å². The lowest BCUT2D eigenvalue weighted by Crippen LogP contribution is -2.31. The summed E-state index contributed by atoms with van der Waals surface area (Å²) in [5.74, 6) is -0.265. The molecule has 25 heavy (non-hydrogen) atoms. The SMILES string of the molecule is CCC[C@@H](N=C(c1ccccc1)c1ccccc1)C(=O)OC(C)(C)C. The maximum absolute atomic E-state index is 12.6. The molecule has 0 amide bonds. The van der Waals surface area contributed by atoms with Crippen LogP contribution in [0.2, 0.25) is 0 Å². The first-order valence-corrected chi connectivity index (χ1v) is 8.82. The quantitative estimate of drug-likeness (QED) is 0.547. The maximum Gasteiger partial charge on any atom is 0.331 e. The second kappa shape index (κ2) is 8.61. The van der Waals surface area contributed by atoms with E-state index in [4.69, 9.17) is 9.73 Å². The van der Waals surface area contributed by atoms with Gasteiger partial charge in [-0.3, -0.25) is 4.99 Å². The van der Waals surface area contributed by atoms with Crippen LogP contribution in [-0.4, -0.2) is 23.3 Å². The van der Waals surface area contributed by atoms with Crippen LogP contribution in [0.1, 0.15) is 51.7 Å². The van der Waals surface area contributed by atoms with E-state index in [1.165, 1.54) is 0 Å². The highest BCUT2D eigenvalue weighted by atomic mass is 16.6. The Morgan fingerprint density at radius 1 is 0.960 bits per heavy atom. The molecule has 3 heteroatoms. The first-order chi connectivity index (χ1) is 11.9. The minimum Gasteiger partial charge on any atom is -0.458 e. The molecule has 0 unspecified atom stereocenters. The second-order valence-electron chi connectivity index (χ2n) is 7.05. The molecule has 2 aromatic rings. The summed E-state index contributed by atoms with van der Waals surface area (Å²) in [5, 5.41) is 0. The van der Waals surface area contributed by atoms with Crippen molar-refractivity contribution < 1.29 is 9.53 Å². The van der Waals surface area contributed by atoms with Crippen molar-refractivity contribution in [1.82, 2.24) is 0 Å². The van der Waals surface area contributed by atoms with Gasteiger partial charge in [0.2, 0.25) is 0 Å². The number of esters is 1. The third kappa shape index (κ3) is 5.86. The van der Waals surface area contributed by atoms with Crippen LogP contribution in [0.5, 0.6) is 0 Å². The Kier molecular flexibility index (Phi) is 6.51. The van der Waals surface area contributed by atoms with Crippen LogP contribution in [-0.2, 0) is 9.53 Å². The standard InChI is InChI=1S/C22H27NO2/c1-5-12-19(21(24)25-22(2,3)4)23-20(17-13-8-6-9-14-17)18-15-10-7-11-16-18/h6-11,13-16,19H,5,12H2,1-4H3/t19-/m1/s1. The molecule has 0 radical (unpaired) electrons. The average Bonchev–Trinajstić information content (AvgIpc) is 2.58. The maximum atomic E-state index is 12.6. The Labute approximate surface area is 150 Å². The summed E-state index contributed by atoms with van der Waals surface area (Å²) in [6.07, 6.45) is 1.53. The minimum absolute atomic E-state index is 0.265. The largest absolute Gasteiger partial charge is 0.458 e. The molecule has 132 valence electrons. The molecule has 0 spiro atoms. The van der Waals surface area contributed by atoms with Crippen molar-refractivity contribution in [3.63, 3.8) is 0 Å². The summed E-state index contributed by atoms with van der Waals surface area (Å²) < 4.78 is 5.58. The van der Waals surface area contributed by atoms with Crippen molar-refractivity contribution in [1.29, 1.82) is 0 Å².